The number of para-hydroxylation sites is 1. The maximum absolute atomic E-state index is 13.6. The van der Waals surface area contributed by atoms with Crippen molar-refractivity contribution in [3.8, 4) is 0 Å². The van der Waals surface area contributed by atoms with Crippen molar-refractivity contribution in [1.82, 2.24) is 10.2 Å². The average molecular weight is 583 g/mol. The van der Waals surface area contributed by atoms with Gasteiger partial charge in [0.05, 0.1) is 11.9 Å². The highest BCUT2D eigenvalue weighted by Gasteiger charge is 2.31. The second-order valence-electron chi connectivity index (χ2n) is 9.90. The minimum atomic E-state index is -3.55. The first-order valence-corrected chi connectivity index (χ1v) is 15.7. The topological polar surface area (TPSA) is 86.8 Å². The van der Waals surface area contributed by atoms with Crippen molar-refractivity contribution in [2.75, 3.05) is 17.1 Å². The smallest absolute Gasteiger partial charge is 0.243 e. The van der Waals surface area contributed by atoms with Gasteiger partial charge < -0.3 is 10.2 Å². The molecule has 1 N–H and O–H groups in total. The maximum Gasteiger partial charge on any atom is 0.243 e. The SMILES string of the molecule is CC[C@H](C(=O)NC1CCCC1)N(Cc1ccc(Cl)cc1Cl)C(=O)CCCN(c1ccccc1C)S(C)(=O)=O. The summed E-state index contributed by atoms with van der Waals surface area (Å²) in [4.78, 5) is 28.5. The summed E-state index contributed by atoms with van der Waals surface area (Å²) in [5.74, 6) is -0.404. The van der Waals surface area contributed by atoms with E-state index in [0.717, 1.165) is 37.5 Å². The molecule has 0 unspecified atom stereocenters. The zero-order valence-corrected chi connectivity index (χ0v) is 24.6. The van der Waals surface area contributed by atoms with Crippen molar-refractivity contribution >= 4 is 50.7 Å². The highest BCUT2D eigenvalue weighted by atomic mass is 35.5. The summed E-state index contributed by atoms with van der Waals surface area (Å²) in [5, 5.41) is 4.03. The Labute approximate surface area is 236 Å². The van der Waals surface area contributed by atoms with Crippen LogP contribution in [0.1, 0.15) is 63.0 Å². The number of carbonyl (C=O) groups is 2. The van der Waals surface area contributed by atoms with Gasteiger partial charge in [0.25, 0.3) is 0 Å². The Morgan fingerprint density at radius 1 is 1.11 bits per heavy atom. The number of carbonyl (C=O) groups excluding carboxylic acids is 2. The Balaban J connectivity index is 1.79. The predicted octanol–water partition coefficient (Wildman–Crippen LogP) is 5.71. The van der Waals surface area contributed by atoms with E-state index < -0.39 is 16.1 Å². The molecule has 7 nitrogen and oxygen atoms in total. The van der Waals surface area contributed by atoms with E-state index in [1.54, 1.807) is 35.2 Å². The number of sulfonamides is 1. The number of halogens is 2. The molecule has 0 heterocycles. The van der Waals surface area contributed by atoms with Crippen LogP contribution >= 0.6 is 23.2 Å². The molecule has 0 radical (unpaired) electrons. The van der Waals surface area contributed by atoms with E-state index in [4.69, 9.17) is 23.2 Å². The number of hydrogen-bond donors (Lipinski definition) is 1. The first kappa shape index (κ1) is 30.3. The van der Waals surface area contributed by atoms with Crippen LogP contribution in [-0.2, 0) is 26.2 Å². The van der Waals surface area contributed by atoms with Crippen LogP contribution < -0.4 is 9.62 Å². The molecule has 3 rings (SSSR count). The average Bonchev–Trinajstić information content (AvgIpc) is 3.36. The van der Waals surface area contributed by atoms with Crippen LogP contribution in [0.25, 0.3) is 0 Å². The highest BCUT2D eigenvalue weighted by molar-refractivity contribution is 7.92. The van der Waals surface area contributed by atoms with E-state index in [0.29, 0.717) is 34.1 Å². The minimum absolute atomic E-state index is 0.0797. The molecule has 0 bridgehead atoms. The van der Waals surface area contributed by atoms with E-state index in [9.17, 15) is 18.0 Å². The van der Waals surface area contributed by atoms with Crippen molar-refractivity contribution in [1.29, 1.82) is 0 Å². The molecule has 2 aromatic carbocycles. The summed E-state index contributed by atoms with van der Waals surface area (Å²) in [6.07, 6.45) is 6.04. The lowest BCUT2D eigenvalue weighted by atomic mass is 10.1. The second kappa shape index (κ2) is 13.7. The van der Waals surface area contributed by atoms with Crippen LogP contribution in [0.3, 0.4) is 0 Å². The number of aryl methyl sites for hydroxylation is 1. The van der Waals surface area contributed by atoms with Crippen molar-refractivity contribution in [3.63, 3.8) is 0 Å². The number of anilines is 1. The molecule has 2 aromatic rings. The molecular formula is C28H37Cl2N3O4S. The third-order valence-electron chi connectivity index (χ3n) is 6.98. The first-order chi connectivity index (χ1) is 18.0. The molecule has 38 heavy (non-hydrogen) atoms. The fourth-order valence-electron chi connectivity index (χ4n) is 4.95. The third-order valence-corrected chi connectivity index (χ3v) is 8.75. The Morgan fingerprint density at radius 3 is 2.39 bits per heavy atom. The summed E-state index contributed by atoms with van der Waals surface area (Å²) in [6, 6.07) is 11.8. The summed E-state index contributed by atoms with van der Waals surface area (Å²) in [6.45, 7) is 4.03. The lowest BCUT2D eigenvalue weighted by Gasteiger charge is -2.32. The largest absolute Gasteiger partial charge is 0.352 e. The zero-order valence-electron chi connectivity index (χ0n) is 22.3. The predicted molar refractivity (Wildman–Crippen MR) is 154 cm³/mol. The quantitative estimate of drug-likeness (QED) is 0.347. The van der Waals surface area contributed by atoms with Gasteiger partial charge in [-0.2, -0.15) is 0 Å². The van der Waals surface area contributed by atoms with Crippen LogP contribution in [0.5, 0.6) is 0 Å². The molecule has 0 aliphatic heterocycles. The van der Waals surface area contributed by atoms with Gasteiger partial charge in [-0.15, -0.1) is 0 Å². The van der Waals surface area contributed by atoms with Crippen LogP contribution in [0.2, 0.25) is 10.0 Å². The highest BCUT2D eigenvalue weighted by Crippen LogP contribution is 2.26. The van der Waals surface area contributed by atoms with Crippen LogP contribution in [0, 0.1) is 6.92 Å². The Morgan fingerprint density at radius 2 is 1.79 bits per heavy atom. The standard InChI is InChI=1S/C28H37Cl2N3O4S/c1-4-25(28(35)31-23-11-6-7-12-23)32(19-21-15-16-22(29)18-24(21)30)27(34)14-9-17-33(38(3,36)37)26-13-8-5-10-20(26)2/h5,8,10,13,15-16,18,23,25H,4,6-7,9,11-12,14,17,19H2,1-3H3,(H,31,35)/t25-/m1/s1. The molecule has 1 fully saturated rings. The summed E-state index contributed by atoms with van der Waals surface area (Å²) < 4.78 is 26.5. The van der Waals surface area contributed by atoms with Crippen LogP contribution in [0.4, 0.5) is 5.69 Å². The Kier molecular flexibility index (Phi) is 10.9. The third kappa shape index (κ3) is 8.10. The molecule has 1 saturated carbocycles. The van der Waals surface area contributed by atoms with E-state index in [-0.39, 0.29) is 37.4 Å². The van der Waals surface area contributed by atoms with Gasteiger partial charge >= 0.3 is 0 Å². The van der Waals surface area contributed by atoms with Gasteiger partial charge in [0.1, 0.15) is 6.04 Å². The minimum Gasteiger partial charge on any atom is -0.352 e. The summed E-state index contributed by atoms with van der Waals surface area (Å²) in [5.41, 5.74) is 2.11. The van der Waals surface area contributed by atoms with Gasteiger partial charge in [0.2, 0.25) is 21.8 Å². The lowest BCUT2D eigenvalue weighted by molar-refractivity contribution is -0.141. The number of amides is 2. The van der Waals surface area contributed by atoms with Gasteiger partial charge in [0.15, 0.2) is 0 Å². The summed E-state index contributed by atoms with van der Waals surface area (Å²) in [7, 11) is -3.55. The fourth-order valence-corrected chi connectivity index (χ4v) is 6.44. The fraction of sp³-hybridized carbons (Fsp3) is 0.500. The number of rotatable bonds is 12. The molecule has 2 amide bonds. The Bertz CT molecular complexity index is 1230. The van der Waals surface area contributed by atoms with Gasteiger partial charge in [0, 0.05) is 35.6 Å². The molecule has 0 spiro atoms. The molecule has 1 atom stereocenters. The number of benzene rings is 2. The maximum atomic E-state index is 13.6. The van der Waals surface area contributed by atoms with E-state index >= 15 is 0 Å². The van der Waals surface area contributed by atoms with Gasteiger partial charge in [-0.05, 0) is 61.9 Å². The van der Waals surface area contributed by atoms with Crippen molar-refractivity contribution in [2.24, 2.45) is 0 Å². The van der Waals surface area contributed by atoms with Crippen LogP contribution in [-0.4, -0.2) is 50.0 Å². The number of hydrogen-bond acceptors (Lipinski definition) is 4. The monoisotopic (exact) mass is 581 g/mol. The molecule has 1 aliphatic rings. The molecule has 10 heteroatoms. The number of nitrogens with zero attached hydrogens (tertiary/aromatic N) is 2. The van der Waals surface area contributed by atoms with E-state index in [1.165, 1.54) is 4.31 Å². The van der Waals surface area contributed by atoms with Crippen molar-refractivity contribution in [3.05, 3.63) is 63.6 Å². The zero-order chi connectivity index (χ0) is 27.9. The first-order valence-electron chi connectivity index (χ1n) is 13.1. The van der Waals surface area contributed by atoms with E-state index in [2.05, 4.69) is 5.32 Å². The normalized spacial score (nSPS) is 14.8. The van der Waals surface area contributed by atoms with Gasteiger partial charge in [-0.1, -0.05) is 67.2 Å². The van der Waals surface area contributed by atoms with Crippen molar-refractivity contribution in [2.45, 2.75) is 77.4 Å². The second-order valence-corrected chi connectivity index (χ2v) is 12.6. The molecule has 0 saturated heterocycles. The molecule has 1 aliphatic carbocycles. The number of nitrogens with one attached hydrogen (secondary N) is 1. The van der Waals surface area contributed by atoms with E-state index in [1.807, 2.05) is 26.0 Å². The van der Waals surface area contributed by atoms with Gasteiger partial charge in [-0.25, -0.2) is 8.42 Å². The molecular weight excluding hydrogens is 545 g/mol. The Hall–Kier alpha value is -2.29. The summed E-state index contributed by atoms with van der Waals surface area (Å²) >= 11 is 12.5. The lowest BCUT2D eigenvalue weighted by Crippen LogP contribution is -2.51. The van der Waals surface area contributed by atoms with Crippen LogP contribution in [0.15, 0.2) is 42.5 Å². The van der Waals surface area contributed by atoms with Gasteiger partial charge in [-0.3, -0.25) is 13.9 Å². The van der Waals surface area contributed by atoms with Crippen molar-refractivity contribution < 1.29 is 18.0 Å². The molecule has 208 valence electrons. The molecule has 0 aromatic heterocycles.